The van der Waals surface area contributed by atoms with Crippen LogP contribution < -0.4 is 5.73 Å². The SMILES string of the molecule is CC1(C)C2C(=O)N(CCC3CCCC3N)C(=O)C21. The van der Waals surface area contributed by atoms with E-state index in [-0.39, 0.29) is 35.1 Å². The molecule has 0 spiro atoms. The van der Waals surface area contributed by atoms with Gasteiger partial charge in [-0.05, 0) is 30.6 Å². The molecule has 1 heterocycles. The molecule has 3 aliphatic rings. The summed E-state index contributed by atoms with van der Waals surface area (Å²) in [5, 5.41) is 0. The monoisotopic (exact) mass is 250 g/mol. The summed E-state index contributed by atoms with van der Waals surface area (Å²) >= 11 is 0. The molecule has 3 rings (SSSR count). The van der Waals surface area contributed by atoms with E-state index in [1.54, 1.807) is 0 Å². The van der Waals surface area contributed by atoms with Gasteiger partial charge in [0.2, 0.25) is 11.8 Å². The summed E-state index contributed by atoms with van der Waals surface area (Å²) in [7, 11) is 0. The molecule has 18 heavy (non-hydrogen) atoms. The number of nitrogens with two attached hydrogens (primary N) is 1. The van der Waals surface area contributed by atoms with Gasteiger partial charge in [0.1, 0.15) is 0 Å². The van der Waals surface area contributed by atoms with Crippen LogP contribution in [0.15, 0.2) is 0 Å². The summed E-state index contributed by atoms with van der Waals surface area (Å²) in [4.78, 5) is 25.8. The van der Waals surface area contributed by atoms with Crippen molar-refractivity contribution in [1.29, 1.82) is 0 Å². The first-order valence-corrected chi connectivity index (χ1v) is 7.05. The van der Waals surface area contributed by atoms with Crippen LogP contribution in [-0.4, -0.2) is 29.3 Å². The fraction of sp³-hybridized carbons (Fsp3) is 0.857. The molecule has 0 radical (unpaired) electrons. The molecule has 0 aromatic heterocycles. The van der Waals surface area contributed by atoms with E-state index >= 15 is 0 Å². The average molecular weight is 250 g/mol. The molecule has 2 N–H and O–H groups in total. The predicted molar refractivity (Wildman–Crippen MR) is 67.4 cm³/mol. The molecular weight excluding hydrogens is 228 g/mol. The van der Waals surface area contributed by atoms with Crippen LogP contribution in [0.5, 0.6) is 0 Å². The van der Waals surface area contributed by atoms with Crippen molar-refractivity contribution in [2.24, 2.45) is 28.9 Å². The fourth-order valence-electron chi connectivity index (χ4n) is 3.94. The van der Waals surface area contributed by atoms with E-state index in [0.29, 0.717) is 12.5 Å². The number of likely N-dealkylation sites (tertiary alicyclic amines) is 1. The Balaban J connectivity index is 1.59. The van der Waals surface area contributed by atoms with E-state index in [2.05, 4.69) is 0 Å². The number of carbonyl (C=O) groups excluding carboxylic acids is 2. The number of rotatable bonds is 3. The van der Waals surface area contributed by atoms with Crippen molar-refractivity contribution in [1.82, 2.24) is 4.90 Å². The highest BCUT2D eigenvalue weighted by atomic mass is 16.2. The zero-order valence-corrected chi connectivity index (χ0v) is 11.2. The maximum absolute atomic E-state index is 12.1. The average Bonchev–Trinajstić information content (AvgIpc) is 2.57. The molecule has 4 nitrogen and oxygen atoms in total. The Kier molecular flexibility index (Phi) is 2.56. The molecule has 2 amide bonds. The summed E-state index contributed by atoms with van der Waals surface area (Å²) in [5.74, 6) is 0.531. The van der Waals surface area contributed by atoms with Crippen LogP contribution in [0.1, 0.15) is 39.5 Å². The number of imide groups is 1. The summed E-state index contributed by atoms with van der Waals surface area (Å²) in [6.07, 6.45) is 4.31. The molecule has 3 fully saturated rings. The van der Waals surface area contributed by atoms with Crippen LogP contribution in [-0.2, 0) is 9.59 Å². The Morgan fingerprint density at radius 1 is 1.22 bits per heavy atom. The Hall–Kier alpha value is -0.900. The Morgan fingerprint density at radius 2 is 1.83 bits per heavy atom. The van der Waals surface area contributed by atoms with Crippen molar-refractivity contribution in [2.45, 2.75) is 45.6 Å². The standard InChI is InChI=1S/C14H22N2O2/c1-14(2)10-11(14)13(18)16(12(10)17)7-6-8-4-3-5-9(8)15/h8-11H,3-7,15H2,1-2H3. The van der Waals surface area contributed by atoms with Crippen LogP contribution in [0.4, 0.5) is 0 Å². The van der Waals surface area contributed by atoms with Gasteiger partial charge in [-0.3, -0.25) is 14.5 Å². The van der Waals surface area contributed by atoms with Crippen molar-refractivity contribution in [2.75, 3.05) is 6.54 Å². The van der Waals surface area contributed by atoms with Crippen molar-refractivity contribution in [3.05, 3.63) is 0 Å². The van der Waals surface area contributed by atoms with Crippen LogP contribution in [0, 0.1) is 23.2 Å². The second kappa shape index (κ2) is 3.80. The topological polar surface area (TPSA) is 63.4 Å². The summed E-state index contributed by atoms with van der Waals surface area (Å²) < 4.78 is 0. The first-order valence-electron chi connectivity index (χ1n) is 7.05. The van der Waals surface area contributed by atoms with Crippen LogP contribution in [0.25, 0.3) is 0 Å². The van der Waals surface area contributed by atoms with E-state index in [1.165, 1.54) is 11.3 Å². The predicted octanol–water partition coefficient (Wildman–Crippen LogP) is 1.14. The van der Waals surface area contributed by atoms with Gasteiger partial charge in [0.25, 0.3) is 0 Å². The molecule has 1 aliphatic heterocycles. The molecule has 0 bridgehead atoms. The third-order valence-corrected chi connectivity index (χ3v) is 5.33. The quantitative estimate of drug-likeness (QED) is 0.764. The molecule has 0 aromatic carbocycles. The second-order valence-electron chi connectivity index (χ2n) is 6.75. The Bertz CT molecular complexity index is 381. The lowest BCUT2D eigenvalue weighted by atomic mass is 9.99. The zero-order valence-electron chi connectivity index (χ0n) is 11.2. The summed E-state index contributed by atoms with van der Waals surface area (Å²) in [5.41, 5.74) is 5.93. The van der Waals surface area contributed by atoms with E-state index < -0.39 is 0 Å². The van der Waals surface area contributed by atoms with Gasteiger partial charge in [-0.15, -0.1) is 0 Å². The minimum absolute atomic E-state index is 0.0396. The molecule has 1 saturated heterocycles. The Morgan fingerprint density at radius 3 is 2.33 bits per heavy atom. The summed E-state index contributed by atoms with van der Waals surface area (Å²) in [6.45, 7) is 4.61. The molecule has 4 heteroatoms. The van der Waals surface area contributed by atoms with Crippen molar-refractivity contribution >= 4 is 11.8 Å². The highest BCUT2D eigenvalue weighted by Crippen LogP contribution is 2.63. The lowest BCUT2D eigenvalue weighted by Gasteiger charge is -2.23. The first-order chi connectivity index (χ1) is 8.44. The van der Waals surface area contributed by atoms with Gasteiger partial charge < -0.3 is 5.73 Å². The minimum atomic E-state index is -0.0889. The van der Waals surface area contributed by atoms with Gasteiger partial charge >= 0.3 is 0 Å². The number of hydrogen-bond acceptors (Lipinski definition) is 3. The highest BCUT2D eigenvalue weighted by Gasteiger charge is 2.72. The van der Waals surface area contributed by atoms with Gasteiger partial charge in [-0.25, -0.2) is 0 Å². The third kappa shape index (κ3) is 1.54. The zero-order chi connectivity index (χ0) is 13.1. The molecule has 4 atom stereocenters. The molecule has 100 valence electrons. The van der Waals surface area contributed by atoms with Crippen LogP contribution in [0.2, 0.25) is 0 Å². The third-order valence-electron chi connectivity index (χ3n) is 5.33. The number of hydrogen-bond donors (Lipinski definition) is 1. The van der Waals surface area contributed by atoms with Gasteiger partial charge in [0.05, 0.1) is 11.8 Å². The van der Waals surface area contributed by atoms with E-state index in [1.807, 2.05) is 13.8 Å². The van der Waals surface area contributed by atoms with Crippen molar-refractivity contribution < 1.29 is 9.59 Å². The highest BCUT2D eigenvalue weighted by molar-refractivity contribution is 6.10. The van der Waals surface area contributed by atoms with E-state index in [0.717, 1.165) is 19.3 Å². The number of carbonyl (C=O) groups is 2. The molecule has 4 unspecified atom stereocenters. The molecule has 2 aliphatic carbocycles. The fourth-order valence-corrected chi connectivity index (χ4v) is 3.94. The number of amides is 2. The molecular formula is C14H22N2O2. The second-order valence-corrected chi connectivity index (χ2v) is 6.75. The number of piperidine rings is 1. The van der Waals surface area contributed by atoms with Crippen molar-refractivity contribution in [3.63, 3.8) is 0 Å². The van der Waals surface area contributed by atoms with Gasteiger partial charge in [0, 0.05) is 12.6 Å². The summed E-state index contributed by atoms with van der Waals surface area (Å²) in [6, 6.07) is 0.267. The Labute approximate surface area is 108 Å². The number of fused-ring (bicyclic) bond motifs is 1. The number of nitrogens with zero attached hydrogens (tertiary/aromatic N) is 1. The molecule has 0 aromatic rings. The minimum Gasteiger partial charge on any atom is -0.327 e. The first kappa shape index (κ1) is 12.2. The van der Waals surface area contributed by atoms with E-state index in [4.69, 9.17) is 5.73 Å². The lowest BCUT2D eigenvalue weighted by Crippen LogP contribution is -2.38. The van der Waals surface area contributed by atoms with Crippen LogP contribution >= 0.6 is 0 Å². The largest absolute Gasteiger partial charge is 0.327 e. The maximum atomic E-state index is 12.1. The molecule has 2 saturated carbocycles. The smallest absolute Gasteiger partial charge is 0.233 e. The van der Waals surface area contributed by atoms with Gasteiger partial charge in [0.15, 0.2) is 0 Å². The van der Waals surface area contributed by atoms with E-state index in [9.17, 15) is 9.59 Å². The normalized spacial score (nSPS) is 41.4. The van der Waals surface area contributed by atoms with Crippen molar-refractivity contribution in [3.8, 4) is 0 Å². The van der Waals surface area contributed by atoms with Gasteiger partial charge in [-0.2, -0.15) is 0 Å². The van der Waals surface area contributed by atoms with Crippen LogP contribution in [0.3, 0.4) is 0 Å². The lowest BCUT2D eigenvalue weighted by molar-refractivity contribution is -0.143. The maximum Gasteiger partial charge on any atom is 0.233 e. The van der Waals surface area contributed by atoms with Gasteiger partial charge in [-0.1, -0.05) is 20.3 Å².